The Kier molecular flexibility index (Phi) is 7.61. The van der Waals surface area contributed by atoms with Crippen molar-refractivity contribution < 1.29 is 14.6 Å². The zero-order valence-corrected chi connectivity index (χ0v) is 16.7. The fraction of sp³-hybridized carbons (Fsp3) is 0.333. The predicted molar refractivity (Wildman–Crippen MR) is 112 cm³/mol. The fourth-order valence-corrected chi connectivity index (χ4v) is 2.71. The first-order chi connectivity index (χ1) is 12.9. The van der Waals surface area contributed by atoms with Crippen molar-refractivity contribution in [1.82, 2.24) is 5.32 Å². The van der Waals surface area contributed by atoms with Crippen LogP contribution in [-0.4, -0.2) is 22.7 Å². The van der Waals surface area contributed by atoms with Gasteiger partial charge < -0.3 is 15.2 Å². The minimum absolute atomic E-state index is 0.0749. The number of nitrogens with one attached hydrogen (secondary N) is 2. The molecule has 0 saturated heterocycles. The average Bonchev–Trinajstić information content (AvgIpc) is 2.67. The molecule has 0 unspecified atom stereocenters. The lowest BCUT2D eigenvalue weighted by Crippen LogP contribution is -2.37. The summed E-state index contributed by atoms with van der Waals surface area (Å²) in [4.78, 5) is 12.0. The molecule has 1 amide bonds. The molecule has 0 saturated carbocycles. The zero-order valence-electron chi connectivity index (χ0n) is 15.9. The third-order valence-electron chi connectivity index (χ3n) is 4.40. The van der Waals surface area contributed by atoms with Crippen LogP contribution in [0.3, 0.4) is 0 Å². The molecule has 144 valence electrons. The third kappa shape index (κ3) is 6.25. The number of aromatic hydroxyl groups is 1. The van der Waals surface area contributed by atoms with Gasteiger partial charge in [0, 0.05) is 0 Å². The van der Waals surface area contributed by atoms with E-state index < -0.39 is 0 Å². The summed E-state index contributed by atoms with van der Waals surface area (Å²) in [6, 6.07) is 12.9. The Labute approximate surface area is 165 Å². The van der Waals surface area contributed by atoms with Crippen molar-refractivity contribution in [3.8, 4) is 11.5 Å². The number of phenols is 1. The van der Waals surface area contributed by atoms with Gasteiger partial charge in [0.1, 0.15) is 11.5 Å². The maximum Gasteiger partial charge on any atom is 0.264 e. The van der Waals surface area contributed by atoms with Crippen LogP contribution in [0.15, 0.2) is 42.5 Å². The van der Waals surface area contributed by atoms with Crippen molar-refractivity contribution in [3.63, 3.8) is 0 Å². The van der Waals surface area contributed by atoms with Crippen molar-refractivity contribution in [2.75, 3.05) is 11.9 Å². The monoisotopic (exact) mass is 386 g/mol. The summed E-state index contributed by atoms with van der Waals surface area (Å²) in [5.41, 5.74) is 2.76. The van der Waals surface area contributed by atoms with Gasteiger partial charge in [-0.05, 0) is 66.4 Å². The summed E-state index contributed by atoms with van der Waals surface area (Å²) in [7, 11) is 0. The molecule has 1 atom stereocenters. The van der Waals surface area contributed by atoms with Crippen LogP contribution in [0.4, 0.5) is 5.69 Å². The van der Waals surface area contributed by atoms with E-state index in [0.717, 1.165) is 18.4 Å². The SMILES string of the molecule is CCc1ccc(OCC(=O)NC(=S)Nc2cc([C@@H](C)CC)ccc2O)cc1. The van der Waals surface area contributed by atoms with Gasteiger partial charge in [0.2, 0.25) is 0 Å². The van der Waals surface area contributed by atoms with Crippen LogP contribution in [-0.2, 0) is 11.2 Å². The van der Waals surface area contributed by atoms with Crippen LogP contribution < -0.4 is 15.4 Å². The van der Waals surface area contributed by atoms with Gasteiger partial charge in [-0.3, -0.25) is 10.1 Å². The first kappa shape index (κ1) is 20.7. The van der Waals surface area contributed by atoms with Gasteiger partial charge in [0.25, 0.3) is 5.91 Å². The lowest BCUT2D eigenvalue weighted by molar-refractivity contribution is -0.121. The van der Waals surface area contributed by atoms with Crippen LogP contribution in [0, 0.1) is 0 Å². The predicted octanol–water partition coefficient (Wildman–Crippen LogP) is 4.36. The number of hydrogen-bond donors (Lipinski definition) is 3. The summed E-state index contributed by atoms with van der Waals surface area (Å²) in [5.74, 6) is 0.692. The van der Waals surface area contributed by atoms with Gasteiger partial charge in [-0.25, -0.2) is 0 Å². The number of aryl methyl sites for hydroxylation is 1. The summed E-state index contributed by atoms with van der Waals surface area (Å²) >= 11 is 5.16. The van der Waals surface area contributed by atoms with Gasteiger partial charge in [-0.15, -0.1) is 0 Å². The second-order valence-corrected chi connectivity index (χ2v) is 6.78. The van der Waals surface area contributed by atoms with Crippen LogP contribution >= 0.6 is 12.2 Å². The van der Waals surface area contributed by atoms with Crippen molar-refractivity contribution in [2.24, 2.45) is 0 Å². The van der Waals surface area contributed by atoms with Crippen LogP contribution in [0.1, 0.15) is 44.2 Å². The largest absolute Gasteiger partial charge is 0.506 e. The molecule has 0 fully saturated rings. The van der Waals surface area contributed by atoms with Gasteiger partial charge in [-0.2, -0.15) is 0 Å². The molecule has 27 heavy (non-hydrogen) atoms. The molecule has 0 aromatic heterocycles. The molecule has 2 aromatic rings. The Morgan fingerprint density at radius 1 is 1.19 bits per heavy atom. The van der Waals surface area contributed by atoms with Gasteiger partial charge in [0.05, 0.1) is 5.69 Å². The van der Waals surface area contributed by atoms with E-state index in [1.807, 2.05) is 36.4 Å². The topological polar surface area (TPSA) is 70.6 Å². The number of rotatable bonds is 7. The molecule has 0 aliphatic rings. The van der Waals surface area contributed by atoms with Gasteiger partial charge in [-0.1, -0.05) is 39.0 Å². The lowest BCUT2D eigenvalue weighted by Gasteiger charge is -2.15. The van der Waals surface area contributed by atoms with Gasteiger partial charge >= 0.3 is 0 Å². The number of ether oxygens (including phenoxy) is 1. The summed E-state index contributed by atoms with van der Waals surface area (Å²) in [6.45, 7) is 6.14. The number of benzene rings is 2. The van der Waals surface area contributed by atoms with Crippen molar-refractivity contribution >= 4 is 28.9 Å². The number of phenolic OH excluding ortho intramolecular Hbond substituents is 1. The smallest absolute Gasteiger partial charge is 0.264 e. The van der Waals surface area contributed by atoms with Crippen molar-refractivity contribution in [2.45, 2.75) is 39.5 Å². The highest BCUT2D eigenvalue weighted by molar-refractivity contribution is 7.80. The Morgan fingerprint density at radius 2 is 1.89 bits per heavy atom. The average molecular weight is 387 g/mol. The first-order valence-corrected chi connectivity index (χ1v) is 9.49. The highest BCUT2D eigenvalue weighted by atomic mass is 32.1. The molecule has 0 aliphatic carbocycles. The van der Waals surface area contributed by atoms with E-state index in [-0.39, 0.29) is 23.4 Å². The zero-order chi connectivity index (χ0) is 19.8. The van der Waals surface area contributed by atoms with Crippen LogP contribution in [0.25, 0.3) is 0 Å². The summed E-state index contributed by atoms with van der Waals surface area (Å²) in [6.07, 6.45) is 1.94. The second kappa shape index (κ2) is 9.92. The highest BCUT2D eigenvalue weighted by Gasteiger charge is 2.11. The Morgan fingerprint density at radius 3 is 2.52 bits per heavy atom. The second-order valence-electron chi connectivity index (χ2n) is 6.37. The lowest BCUT2D eigenvalue weighted by atomic mass is 9.98. The normalized spacial score (nSPS) is 11.5. The Bertz CT molecular complexity index is 791. The molecule has 6 heteroatoms. The summed E-state index contributed by atoms with van der Waals surface area (Å²) in [5, 5.41) is 15.5. The number of amides is 1. The highest BCUT2D eigenvalue weighted by Crippen LogP contribution is 2.29. The van der Waals surface area contributed by atoms with Gasteiger partial charge in [0.15, 0.2) is 11.7 Å². The maximum absolute atomic E-state index is 12.0. The molecule has 0 aliphatic heterocycles. The van der Waals surface area contributed by atoms with E-state index in [0.29, 0.717) is 17.4 Å². The molecule has 0 spiro atoms. The minimum atomic E-state index is -0.371. The molecular formula is C21H26N2O3S. The molecule has 0 bridgehead atoms. The number of thiocarbonyl (C=S) groups is 1. The molecule has 2 aromatic carbocycles. The Balaban J connectivity index is 1.88. The molecule has 0 radical (unpaired) electrons. The quantitative estimate of drug-likeness (QED) is 0.487. The van der Waals surface area contributed by atoms with Crippen molar-refractivity contribution in [3.05, 3.63) is 53.6 Å². The molecule has 5 nitrogen and oxygen atoms in total. The first-order valence-electron chi connectivity index (χ1n) is 9.08. The van der Waals surface area contributed by atoms with E-state index in [2.05, 4.69) is 31.4 Å². The number of hydrogen-bond acceptors (Lipinski definition) is 4. The maximum atomic E-state index is 12.0. The van der Waals surface area contributed by atoms with E-state index in [1.165, 1.54) is 5.56 Å². The number of carbonyl (C=O) groups excluding carboxylic acids is 1. The standard InChI is InChI=1S/C21H26N2O3S/c1-4-14(3)16-8-11-19(24)18(12-16)22-21(27)23-20(25)13-26-17-9-6-15(5-2)7-10-17/h6-12,14,24H,4-5,13H2,1-3H3,(H2,22,23,25,27)/t14-/m0/s1. The van der Waals surface area contributed by atoms with E-state index >= 15 is 0 Å². The minimum Gasteiger partial charge on any atom is -0.506 e. The van der Waals surface area contributed by atoms with Crippen molar-refractivity contribution in [1.29, 1.82) is 0 Å². The molecule has 2 rings (SSSR count). The van der Waals surface area contributed by atoms with E-state index in [1.54, 1.807) is 6.07 Å². The van der Waals surface area contributed by atoms with Crippen LogP contribution in [0.2, 0.25) is 0 Å². The fourth-order valence-electron chi connectivity index (χ4n) is 2.48. The van der Waals surface area contributed by atoms with Crippen LogP contribution in [0.5, 0.6) is 11.5 Å². The number of carbonyl (C=O) groups is 1. The van der Waals surface area contributed by atoms with E-state index in [4.69, 9.17) is 17.0 Å². The van der Waals surface area contributed by atoms with E-state index in [9.17, 15) is 9.90 Å². The third-order valence-corrected chi connectivity index (χ3v) is 4.61. The molecule has 0 heterocycles. The molecule has 3 N–H and O–H groups in total. The molecular weight excluding hydrogens is 360 g/mol. The Hall–Kier alpha value is -2.60. The summed E-state index contributed by atoms with van der Waals surface area (Å²) < 4.78 is 5.46. The number of anilines is 1.